The molecule has 1 saturated heterocycles. The van der Waals surface area contributed by atoms with Crippen molar-refractivity contribution in [3.8, 4) is 0 Å². The van der Waals surface area contributed by atoms with E-state index >= 15 is 0 Å². The maximum absolute atomic E-state index is 13.7. The number of epoxide rings is 1. The minimum absolute atomic E-state index is 0.0114. The number of allylic oxidation sites excluding steroid dienone is 2. The first-order valence-electron chi connectivity index (χ1n) is 13.0. The standard InChI is InChI=1S/C28H42O4/c1-16(2)17(3)7-8-18(4)20-11-14-27(31)22-21(10-13-25(20,27)5)26(6)12-9-19(29)15-28(26)24(32-28)23(22)30/h7-8,16-20,24,29,31H,9-15H2,1-6H3/b8-7+/t17-,18+,19-,20+,24-,25+,26+,27+,28-/m0/s1. The van der Waals surface area contributed by atoms with Gasteiger partial charge in [0.2, 0.25) is 0 Å². The highest BCUT2D eigenvalue weighted by Crippen LogP contribution is 2.72. The molecule has 1 aliphatic heterocycles. The SMILES string of the molecule is CC(C)[C@@H](C)/C=C/[C@@H](C)[C@H]1CC[C@@]2(O)C3=C(CC[C@]12C)[C@@]1(C)CC[C@H](O)C[C@@]12O[C@H]2C3=O. The third-order valence-electron chi connectivity index (χ3n) is 10.9. The highest BCUT2D eigenvalue weighted by Gasteiger charge is 2.78. The van der Waals surface area contributed by atoms with E-state index in [2.05, 4.69) is 53.7 Å². The Bertz CT molecular complexity index is 888. The van der Waals surface area contributed by atoms with Gasteiger partial charge in [-0.15, -0.1) is 0 Å². The van der Waals surface area contributed by atoms with Crippen LogP contribution in [0.1, 0.15) is 86.5 Å². The number of Topliss-reactive ketones (excluding diaryl/α,β-unsaturated/α-hetero) is 1. The van der Waals surface area contributed by atoms with E-state index < -0.39 is 23.4 Å². The van der Waals surface area contributed by atoms with E-state index in [1.807, 2.05) is 0 Å². The second kappa shape index (κ2) is 7.02. The number of carbonyl (C=O) groups excluding carboxylic acids is 1. The zero-order chi connectivity index (χ0) is 23.3. The lowest BCUT2D eigenvalue weighted by Crippen LogP contribution is -2.59. The smallest absolute Gasteiger partial charge is 0.193 e. The minimum Gasteiger partial charge on any atom is -0.393 e. The summed E-state index contributed by atoms with van der Waals surface area (Å²) in [6, 6.07) is 0. The summed E-state index contributed by atoms with van der Waals surface area (Å²) in [7, 11) is 0. The third kappa shape index (κ3) is 2.69. The first-order chi connectivity index (χ1) is 14.9. The lowest BCUT2D eigenvalue weighted by atomic mass is 9.49. The van der Waals surface area contributed by atoms with E-state index in [1.54, 1.807) is 0 Å². The molecule has 9 atom stereocenters. The van der Waals surface area contributed by atoms with Crippen molar-refractivity contribution in [1.29, 1.82) is 0 Å². The van der Waals surface area contributed by atoms with Crippen LogP contribution in [0.5, 0.6) is 0 Å². The van der Waals surface area contributed by atoms with Crippen LogP contribution in [-0.4, -0.2) is 39.4 Å². The summed E-state index contributed by atoms with van der Waals surface area (Å²) in [4.78, 5) is 13.7. The van der Waals surface area contributed by atoms with Crippen LogP contribution in [0, 0.1) is 34.5 Å². The summed E-state index contributed by atoms with van der Waals surface area (Å²) in [5, 5.41) is 22.6. The van der Waals surface area contributed by atoms with E-state index in [1.165, 1.54) is 0 Å². The van der Waals surface area contributed by atoms with Gasteiger partial charge in [0, 0.05) is 22.8 Å². The predicted molar refractivity (Wildman–Crippen MR) is 125 cm³/mol. The summed E-state index contributed by atoms with van der Waals surface area (Å²) in [6.07, 6.45) is 9.34. The van der Waals surface area contributed by atoms with Gasteiger partial charge in [0.15, 0.2) is 11.9 Å². The average Bonchev–Trinajstić information content (AvgIpc) is 3.38. The van der Waals surface area contributed by atoms with Crippen molar-refractivity contribution in [2.24, 2.45) is 34.5 Å². The molecule has 0 bridgehead atoms. The first-order valence-corrected chi connectivity index (χ1v) is 13.0. The number of fused-ring (bicyclic) bond motifs is 3. The molecule has 0 amide bonds. The number of ketones is 1. The van der Waals surface area contributed by atoms with Gasteiger partial charge in [0.25, 0.3) is 0 Å². The Morgan fingerprint density at radius 1 is 1.06 bits per heavy atom. The molecule has 0 radical (unpaired) electrons. The zero-order valence-corrected chi connectivity index (χ0v) is 20.8. The topological polar surface area (TPSA) is 70.1 Å². The van der Waals surface area contributed by atoms with E-state index in [9.17, 15) is 15.0 Å². The Labute approximate surface area is 193 Å². The monoisotopic (exact) mass is 442 g/mol. The third-order valence-corrected chi connectivity index (χ3v) is 10.9. The highest BCUT2D eigenvalue weighted by molar-refractivity contribution is 6.06. The number of aliphatic hydroxyl groups is 2. The molecule has 0 aromatic carbocycles. The fourth-order valence-electron chi connectivity index (χ4n) is 8.19. The molecule has 4 heteroatoms. The lowest BCUT2D eigenvalue weighted by Gasteiger charge is -2.55. The second-order valence-corrected chi connectivity index (χ2v) is 12.6. The fourth-order valence-corrected chi connectivity index (χ4v) is 8.19. The Morgan fingerprint density at radius 2 is 1.78 bits per heavy atom. The molecule has 0 aromatic rings. The van der Waals surface area contributed by atoms with Gasteiger partial charge in [-0.25, -0.2) is 0 Å². The Hall–Kier alpha value is -0.970. The molecule has 4 nitrogen and oxygen atoms in total. The van der Waals surface area contributed by atoms with Gasteiger partial charge in [-0.2, -0.15) is 0 Å². The maximum Gasteiger partial charge on any atom is 0.193 e. The van der Waals surface area contributed by atoms with Crippen LogP contribution >= 0.6 is 0 Å². The molecule has 178 valence electrons. The molecule has 1 spiro atoms. The van der Waals surface area contributed by atoms with Crippen LogP contribution in [0.4, 0.5) is 0 Å². The number of ether oxygens (including phenoxy) is 1. The molecule has 0 unspecified atom stereocenters. The van der Waals surface area contributed by atoms with Crippen LogP contribution in [0.25, 0.3) is 0 Å². The van der Waals surface area contributed by atoms with Gasteiger partial charge in [0.05, 0.1) is 11.7 Å². The van der Waals surface area contributed by atoms with Crippen molar-refractivity contribution in [2.75, 3.05) is 0 Å². The Balaban J connectivity index is 1.51. The Morgan fingerprint density at radius 3 is 2.47 bits per heavy atom. The van der Waals surface area contributed by atoms with Gasteiger partial charge >= 0.3 is 0 Å². The molecular formula is C28H42O4. The van der Waals surface area contributed by atoms with Crippen LogP contribution in [0.2, 0.25) is 0 Å². The van der Waals surface area contributed by atoms with Gasteiger partial charge in [-0.1, -0.05) is 59.3 Å². The predicted octanol–water partition coefficient (Wildman–Crippen LogP) is 4.98. The van der Waals surface area contributed by atoms with Crippen LogP contribution in [0.3, 0.4) is 0 Å². The van der Waals surface area contributed by atoms with E-state index in [0.717, 1.165) is 37.7 Å². The van der Waals surface area contributed by atoms with Crippen molar-refractivity contribution in [3.05, 3.63) is 23.3 Å². The normalized spacial score (nSPS) is 49.5. The largest absolute Gasteiger partial charge is 0.393 e. The molecule has 1 heterocycles. The molecule has 5 aliphatic rings. The maximum atomic E-state index is 13.7. The van der Waals surface area contributed by atoms with Crippen molar-refractivity contribution in [3.63, 3.8) is 0 Å². The van der Waals surface area contributed by atoms with Crippen LogP contribution < -0.4 is 0 Å². The molecule has 4 aliphatic carbocycles. The number of rotatable bonds is 4. The quantitative estimate of drug-likeness (QED) is 0.476. The average molecular weight is 443 g/mol. The summed E-state index contributed by atoms with van der Waals surface area (Å²) >= 11 is 0. The number of aliphatic hydroxyl groups excluding tert-OH is 1. The first kappa shape index (κ1) is 22.8. The van der Waals surface area contributed by atoms with Crippen molar-refractivity contribution < 1.29 is 19.7 Å². The fraction of sp³-hybridized carbons (Fsp3) is 0.821. The zero-order valence-electron chi connectivity index (χ0n) is 20.8. The molecular weight excluding hydrogens is 400 g/mol. The lowest BCUT2D eigenvalue weighted by molar-refractivity contribution is -0.125. The molecule has 2 saturated carbocycles. The molecule has 2 N–H and O–H groups in total. The van der Waals surface area contributed by atoms with Crippen molar-refractivity contribution in [2.45, 2.75) is 110 Å². The van der Waals surface area contributed by atoms with E-state index in [4.69, 9.17) is 4.74 Å². The van der Waals surface area contributed by atoms with Crippen molar-refractivity contribution >= 4 is 5.78 Å². The van der Waals surface area contributed by atoms with Gasteiger partial charge in [-0.05, 0) is 62.2 Å². The number of hydrogen-bond donors (Lipinski definition) is 2. The van der Waals surface area contributed by atoms with E-state index in [0.29, 0.717) is 42.1 Å². The van der Waals surface area contributed by atoms with Gasteiger partial charge in [-0.3, -0.25) is 4.79 Å². The van der Waals surface area contributed by atoms with Crippen LogP contribution in [-0.2, 0) is 9.53 Å². The summed E-state index contributed by atoms with van der Waals surface area (Å²) in [5.74, 6) is 1.89. The summed E-state index contributed by atoms with van der Waals surface area (Å²) < 4.78 is 6.16. The van der Waals surface area contributed by atoms with E-state index in [-0.39, 0.29) is 16.6 Å². The second-order valence-electron chi connectivity index (χ2n) is 12.6. The van der Waals surface area contributed by atoms with Crippen LogP contribution in [0.15, 0.2) is 23.3 Å². The molecule has 5 rings (SSSR count). The molecule has 0 aromatic heterocycles. The number of carbonyl (C=O) groups is 1. The summed E-state index contributed by atoms with van der Waals surface area (Å²) in [5.41, 5.74) is -0.283. The minimum atomic E-state index is -1.06. The Kier molecular flexibility index (Phi) is 5.00. The molecule has 32 heavy (non-hydrogen) atoms. The van der Waals surface area contributed by atoms with Crippen molar-refractivity contribution in [1.82, 2.24) is 0 Å². The summed E-state index contributed by atoms with van der Waals surface area (Å²) in [6.45, 7) is 13.5. The molecule has 3 fully saturated rings. The highest BCUT2D eigenvalue weighted by atomic mass is 16.6. The van der Waals surface area contributed by atoms with Gasteiger partial charge < -0.3 is 14.9 Å². The van der Waals surface area contributed by atoms with Gasteiger partial charge in [0.1, 0.15) is 5.60 Å². The number of hydrogen-bond acceptors (Lipinski definition) is 4.